The van der Waals surface area contributed by atoms with E-state index in [9.17, 15) is 26.6 Å². The lowest BCUT2D eigenvalue weighted by Crippen LogP contribution is -2.58. The zero-order valence-electron chi connectivity index (χ0n) is 20.6. The second-order valence-electron chi connectivity index (χ2n) is 9.56. The fraction of sp³-hybridized carbons (Fsp3) is 0.957. The number of ether oxygens (including phenoxy) is 3. The molecule has 0 aromatic rings. The van der Waals surface area contributed by atoms with Crippen molar-refractivity contribution in [3.8, 4) is 0 Å². The summed E-state index contributed by atoms with van der Waals surface area (Å²) in [5.41, 5.74) is 2.50. The van der Waals surface area contributed by atoms with Crippen LogP contribution in [0.2, 0.25) is 0 Å². The van der Waals surface area contributed by atoms with Gasteiger partial charge in [-0.15, -0.1) is 0 Å². The first-order valence-electron chi connectivity index (χ1n) is 12.9. The van der Waals surface area contributed by atoms with Gasteiger partial charge in [0.2, 0.25) is 0 Å². The summed E-state index contributed by atoms with van der Waals surface area (Å²) in [5, 5.41) is 0. The molecule has 3 saturated heterocycles. The predicted octanol–water partition coefficient (Wildman–Crippen LogP) is 3.72. The summed E-state index contributed by atoms with van der Waals surface area (Å²) in [4.78, 5) is 18.6. The molecule has 1 N–H and O–H groups in total. The monoisotopic (exact) mass is 546 g/mol. The van der Waals surface area contributed by atoms with Gasteiger partial charge in [-0.3, -0.25) is 4.79 Å². The van der Waals surface area contributed by atoms with Crippen LogP contribution in [0.1, 0.15) is 70.6 Å². The molecule has 1 amide bonds. The molecule has 3 fully saturated rings. The van der Waals surface area contributed by atoms with Crippen LogP contribution in [0.4, 0.5) is 17.6 Å². The number of hydroxylamine groups is 1. The van der Waals surface area contributed by atoms with E-state index >= 15 is 0 Å². The molecule has 0 aromatic carbocycles. The van der Waals surface area contributed by atoms with E-state index in [4.69, 9.17) is 19.0 Å². The molecule has 0 aromatic heterocycles. The van der Waals surface area contributed by atoms with Crippen molar-refractivity contribution in [2.75, 3.05) is 39.5 Å². The van der Waals surface area contributed by atoms with E-state index in [1.54, 1.807) is 4.31 Å². The van der Waals surface area contributed by atoms with Crippen molar-refractivity contribution < 1.29 is 45.6 Å². The van der Waals surface area contributed by atoms with Crippen molar-refractivity contribution in [3.63, 3.8) is 0 Å². The number of halogens is 4. The van der Waals surface area contributed by atoms with E-state index in [0.29, 0.717) is 84.5 Å². The Labute approximate surface area is 212 Å². The van der Waals surface area contributed by atoms with Crippen LogP contribution < -0.4 is 5.48 Å². The maximum absolute atomic E-state index is 13.6. The van der Waals surface area contributed by atoms with Gasteiger partial charge in [0.1, 0.15) is 15.7 Å². The van der Waals surface area contributed by atoms with Crippen molar-refractivity contribution in [1.82, 2.24) is 9.79 Å². The molecule has 3 aliphatic heterocycles. The molecule has 210 valence electrons. The number of rotatable bonds is 12. The first kappa shape index (κ1) is 29.7. The van der Waals surface area contributed by atoms with Crippen molar-refractivity contribution in [1.29, 1.82) is 0 Å². The first-order valence-corrected chi connectivity index (χ1v) is 14.0. The molecule has 3 rings (SSSR count). The number of carbonyl (C=O) groups excluding carboxylic acids is 1. The second-order valence-corrected chi connectivity index (χ2v) is 11.4. The Morgan fingerprint density at radius 1 is 1.08 bits per heavy atom. The zero-order chi connectivity index (χ0) is 26.0. The Hall–Kier alpha value is -0.860. The number of piperidine rings is 1. The predicted molar refractivity (Wildman–Crippen MR) is 124 cm³/mol. The van der Waals surface area contributed by atoms with Crippen LogP contribution in [-0.2, 0) is 34.8 Å². The van der Waals surface area contributed by atoms with Gasteiger partial charge in [-0.25, -0.2) is 23.2 Å². The van der Waals surface area contributed by atoms with Crippen LogP contribution in [0.3, 0.4) is 0 Å². The third-order valence-corrected chi connectivity index (χ3v) is 9.01. The fourth-order valence-electron chi connectivity index (χ4n) is 4.63. The normalized spacial score (nSPS) is 25.8. The average molecular weight is 547 g/mol. The number of hydrogen-bond donors (Lipinski definition) is 1. The van der Waals surface area contributed by atoms with Crippen LogP contribution in [-0.4, -0.2) is 83.4 Å². The third-order valence-electron chi connectivity index (χ3n) is 6.92. The zero-order valence-corrected chi connectivity index (χ0v) is 21.4. The molecule has 36 heavy (non-hydrogen) atoms. The topological polar surface area (TPSA) is 86.3 Å². The van der Waals surface area contributed by atoms with Crippen LogP contribution in [0.15, 0.2) is 0 Å². The summed E-state index contributed by atoms with van der Waals surface area (Å²) in [5.74, 6) is -0.419. The summed E-state index contributed by atoms with van der Waals surface area (Å²) in [6.07, 6.45) is -2.91. The first-order chi connectivity index (χ1) is 17.2. The summed E-state index contributed by atoms with van der Waals surface area (Å²) >= 11 is 0. The highest BCUT2D eigenvalue weighted by Gasteiger charge is 2.49. The maximum atomic E-state index is 13.6. The number of alkyl halides is 4. The lowest BCUT2D eigenvalue weighted by Gasteiger charge is -2.40. The maximum Gasteiger partial charge on any atom is 0.419 e. The summed E-state index contributed by atoms with van der Waals surface area (Å²) < 4.78 is 80.5. The van der Waals surface area contributed by atoms with Gasteiger partial charge in [-0.2, -0.15) is 13.2 Å². The Balaban J connectivity index is 1.39. The number of nitrogens with zero attached hydrogens (tertiary/aromatic N) is 1. The van der Waals surface area contributed by atoms with Crippen LogP contribution in [0, 0.1) is 0 Å². The van der Waals surface area contributed by atoms with Crippen molar-refractivity contribution in [2.24, 2.45) is 0 Å². The van der Waals surface area contributed by atoms with E-state index in [2.05, 4.69) is 5.48 Å². The van der Waals surface area contributed by atoms with Crippen LogP contribution in [0.25, 0.3) is 0 Å². The highest BCUT2D eigenvalue weighted by atomic mass is 32.2. The summed E-state index contributed by atoms with van der Waals surface area (Å²) in [6, 6.07) is 0. The molecule has 0 bridgehead atoms. The average Bonchev–Trinajstić information content (AvgIpc) is 2.89. The molecular formula is C23H38F4N2O6S. The number of hydrogen-bond acceptors (Lipinski definition) is 6. The fourth-order valence-corrected chi connectivity index (χ4v) is 6.38. The van der Waals surface area contributed by atoms with Gasteiger partial charge >= 0.3 is 6.18 Å². The Morgan fingerprint density at radius 2 is 1.81 bits per heavy atom. The molecule has 3 aliphatic rings. The molecular weight excluding hydrogens is 508 g/mol. The highest BCUT2D eigenvalue weighted by molar-refractivity contribution is 7.85. The second kappa shape index (κ2) is 14.3. The number of unbranched alkanes of at least 4 members (excludes halogenated alkanes) is 2. The van der Waals surface area contributed by atoms with E-state index in [0.717, 1.165) is 12.8 Å². The third kappa shape index (κ3) is 8.59. The van der Waals surface area contributed by atoms with Crippen molar-refractivity contribution >= 4 is 16.9 Å². The molecule has 0 spiro atoms. The van der Waals surface area contributed by atoms with Gasteiger partial charge in [0, 0.05) is 45.9 Å². The molecule has 3 unspecified atom stereocenters. The Kier molecular flexibility index (Phi) is 11.8. The quantitative estimate of drug-likeness (QED) is 0.228. The minimum atomic E-state index is -4.79. The van der Waals surface area contributed by atoms with Crippen LogP contribution >= 0.6 is 0 Å². The van der Waals surface area contributed by atoms with Crippen molar-refractivity contribution in [3.05, 3.63) is 0 Å². The van der Waals surface area contributed by atoms with Crippen LogP contribution in [0.5, 0.6) is 0 Å². The van der Waals surface area contributed by atoms with Gasteiger partial charge in [0.15, 0.2) is 12.5 Å². The van der Waals surface area contributed by atoms with Gasteiger partial charge < -0.3 is 14.2 Å². The minimum Gasteiger partial charge on any atom is -0.381 e. The summed E-state index contributed by atoms with van der Waals surface area (Å²) in [6.45, 7) is 2.64. The molecule has 0 aliphatic carbocycles. The minimum absolute atomic E-state index is 0.0476. The SMILES string of the molecule is O=C(NOC1CCCCO1)C1(S(=O)N2CCC(OCCCCCC(F)C(F)(F)F)CC2)CCOCC1. The van der Waals surface area contributed by atoms with E-state index in [1.165, 1.54) is 0 Å². The lowest BCUT2D eigenvalue weighted by atomic mass is 9.98. The van der Waals surface area contributed by atoms with E-state index in [1.807, 2.05) is 0 Å². The summed E-state index contributed by atoms with van der Waals surface area (Å²) in [7, 11) is -1.59. The molecule has 8 nitrogen and oxygen atoms in total. The highest BCUT2D eigenvalue weighted by Crippen LogP contribution is 2.32. The van der Waals surface area contributed by atoms with Gasteiger partial charge in [-0.05, 0) is 51.4 Å². The van der Waals surface area contributed by atoms with E-state index < -0.39 is 46.7 Å². The van der Waals surface area contributed by atoms with Gasteiger partial charge in [0.25, 0.3) is 5.91 Å². The molecule has 13 heteroatoms. The Bertz CT molecular complexity index is 697. The number of carbonyl (C=O) groups is 1. The lowest BCUT2D eigenvalue weighted by molar-refractivity contribution is -0.202. The standard InChI is InChI=1S/C23H38F4N2O6S/c24-19(23(25,26)27)6-2-1-4-14-33-18-8-12-29(13-9-18)36(31)22(10-16-32-17-11-22)21(30)28-35-20-7-3-5-15-34-20/h18-20H,1-17H2,(H,28,30). The number of nitrogens with one attached hydrogen (secondary N) is 1. The van der Waals surface area contributed by atoms with Crippen molar-refractivity contribution in [2.45, 2.75) is 100 Å². The smallest absolute Gasteiger partial charge is 0.381 e. The molecule has 3 heterocycles. The number of amides is 1. The van der Waals surface area contributed by atoms with E-state index in [-0.39, 0.29) is 12.5 Å². The Morgan fingerprint density at radius 3 is 2.44 bits per heavy atom. The van der Waals surface area contributed by atoms with Gasteiger partial charge in [0.05, 0.1) is 6.10 Å². The molecule has 3 atom stereocenters. The molecule has 0 saturated carbocycles. The molecule has 0 radical (unpaired) electrons. The largest absolute Gasteiger partial charge is 0.419 e. The van der Waals surface area contributed by atoms with Gasteiger partial charge in [-0.1, -0.05) is 12.8 Å².